The van der Waals surface area contributed by atoms with E-state index in [0.29, 0.717) is 15.9 Å². The van der Waals surface area contributed by atoms with Crippen molar-refractivity contribution < 1.29 is 0 Å². The van der Waals surface area contributed by atoms with Gasteiger partial charge < -0.3 is 5.73 Å². The van der Waals surface area contributed by atoms with Gasteiger partial charge in [0.15, 0.2) is 4.34 Å². The molecule has 78 valence electrons. The van der Waals surface area contributed by atoms with Gasteiger partial charge in [0.05, 0.1) is 5.69 Å². The highest BCUT2D eigenvalue weighted by Gasteiger charge is 2.08. The van der Waals surface area contributed by atoms with Gasteiger partial charge in [0.2, 0.25) is 0 Å². The van der Waals surface area contributed by atoms with Crippen LogP contribution in [-0.4, -0.2) is 15.2 Å². The van der Waals surface area contributed by atoms with Crippen molar-refractivity contribution in [1.82, 2.24) is 15.2 Å². The van der Waals surface area contributed by atoms with Gasteiger partial charge in [-0.3, -0.25) is 0 Å². The lowest BCUT2D eigenvalue weighted by molar-refractivity contribution is 0.981. The second-order valence-electron chi connectivity index (χ2n) is 2.72. The van der Waals surface area contributed by atoms with Crippen LogP contribution >= 0.6 is 34.7 Å². The Morgan fingerprint density at radius 1 is 1.40 bits per heavy atom. The van der Waals surface area contributed by atoms with E-state index in [-0.39, 0.29) is 0 Å². The molecular weight excluding hydrogens is 252 g/mol. The van der Waals surface area contributed by atoms with Gasteiger partial charge in [-0.15, -0.1) is 10.2 Å². The highest BCUT2D eigenvalue weighted by atomic mass is 35.5. The Hall–Kier alpha value is -0.850. The Labute approximate surface area is 99.9 Å². The number of aryl methyl sites for hydroxylation is 1. The lowest BCUT2D eigenvalue weighted by Gasteiger charge is -2.00. The molecule has 4 nitrogen and oxygen atoms in total. The van der Waals surface area contributed by atoms with Crippen molar-refractivity contribution in [2.24, 2.45) is 0 Å². The molecule has 15 heavy (non-hydrogen) atoms. The number of hydrogen-bond donors (Lipinski definition) is 1. The Kier molecular flexibility index (Phi) is 3.08. The molecule has 2 N–H and O–H groups in total. The number of halogens is 1. The van der Waals surface area contributed by atoms with Crippen molar-refractivity contribution in [3.8, 4) is 0 Å². The van der Waals surface area contributed by atoms with Crippen LogP contribution in [0, 0.1) is 6.92 Å². The van der Waals surface area contributed by atoms with Gasteiger partial charge >= 0.3 is 0 Å². The highest BCUT2D eigenvalue weighted by Crippen LogP contribution is 2.32. The summed E-state index contributed by atoms with van der Waals surface area (Å²) in [6, 6.07) is 3.39. The standard InChI is InChI=1S/C8H7ClN4S2/c1-4-12-13-8(14-4)15-7-5(10)2-3-6(9)11-7/h2-3H,10H2,1H3. The lowest BCUT2D eigenvalue weighted by Crippen LogP contribution is -1.91. The summed E-state index contributed by atoms with van der Waals surface area (Å²) < 4.78 is 0.814. The Balaban J connectivity index is 2.27. The molecule has 0 aliphatic carbocycles. The largest absolute Gasteiger partial charge is 0.397 e. The molecule has 7 heteroatoms. The fraction of sp³-hybridized carbons (Fsp3) is 0.125. The zero-order chi connectivity index (χ0) is 10.8. The van der Waals surface area contributed by atoms with E-state index in [1.807, 2.05) is 6.92 Å². The van der Waals surface area contributed by atoms with E-state index in [1.165, 1.54) is 23.1 Å². The first-order chi connectivity index (χ1) is 7.15. The summed E-state index contributed by atoms with van der Waals surface area (Å²) in [6.45, 7) is 1.90. The Morgan fingerprint density at radius 2 is 2.20 bits per heavy atom. The quantitative estimate of drug-likeness (QED) is 0.839. The number of rotatable bonds is 2. The van der Waals surface area contributed by atoms with Crippen LogP contribution in [0.5, 0.6) is 0 Å². The fourth-order valence-electron chi connectivity index (χ4n) is 0.913. The van der Waals surface area contributed by atoms with Gasteiger partial charge in [-0.2, -0.15) is 0 Å². The molecule has 0 aliphatic rings. The number of anilines is 1. The highest BCUT2D eigenvalue weighted by molar-refractivity contribution is 8.01. The van der Waals surface area contributed by atoms with Gasteiger partial charge in [-0.25, -0.2) is 4.98 Å². The first kappa shape index (κ1) is 10.7. The van der Waals surface area contributed by atoms with Gasteiger partial charge in [-0.05, 0) is 30.8 Å². The van der Waals surface area contributed by atoms with Crippen molar-refractivity contribution in [2.75, 3.05) is 5.73 Å². The predicted molar refractivity (Wildman–Crippen MR) is 62.4 cm³/mol. The molecule has 2 aromatic rings. The molecule has 0 saturated carbocycles. The number of aromatic nitrogens is 3. The monoisotopic (exact) mass is 258 g/mol. The minimum absolute atomic E-state index is 0.424. The van der Waals surface area contributed by atoms with Crippen molar-refractivity contribution in [1.29, 1.82) is 0 Å². The number of nitrogens with two attached hydrogens (primary N) is 1. The Morgan fingerprint density at radius 3 is 2.87 bits per heavy atom. The van der Waals surface area contributed by atoms with Crippen molar-refractivity contribution >= 4 is 40.4 Å². The van der Waals surface area contributed by atoms with Crippen molar-refractivity contribution in [3.05, 3.63) is 22.3 Å². The maximum Gasteiger partial charge on any atom is 0.180 e. The van der Waals surface area contributed by atoms with E-state index in [9.17, 15) is 0 Å². The first-order valence-corrected chi connectivity index (χ1v) is 6.06. The fourth-order valence-corrected chi connectivity index (χ4v) is 2.87. The zero-order valence-electron chi connectivity index (χ0n) is 7.77. The summed E-state index contributed by atoms with van der Waals surface area (Å²) >= 11 is 8.65. The molecule has 0 amide bonds. The van der Waals surface area contributed by atoms with Gasteiger partial charge in [0, 0.05) is 0 Å². The number of pyridine rings is 1. The lowest BCUT2D eigenvalue weighted by atomic mass is 10.4. The molecule has 2 aromatic heterocycles. The number of hydrogen-bond acceptors (Lipinski definition) is 6. The minimum Gasteiger partial charge on any atom is -0.397 e. The predicted octanol–water partition coefficient (Wildman–Crippen LogP) is 2.63. The molecule has 0 aliphatic heterocycles. The van der Waals surface area contributed by atoms with E-state index in [1.54, 1.807) is 12.1 Å². The smallest absolute Gasteiger partial charge is 0.180 e. The third kappa shape index (κ3) is 2.58. The third-order valence-corrected chi connectivity index (χ3v) is 3.67. The average molecular weight is 259 g/mol. The van der Waals surface area contributed by atoms with E-state index in [0.717, 1.165) is 9.35 Å². The van der Waals surface area contributed by atoms with Crippen LogP contribution in [0.1, 0.15) is 5.01 Å². The molecule has 0 spiro atoms. The van der Waals surface area contributed by atoms with E-state index < -0.39 is 0 Å². The molecule has 0 saturated heterocycles. The molecule has 0 unspecified atom stereocenters. The van der Waals surface area contributed by atoms with Crippen LogP contribution in [0.25, 0.3) is 0 Å². The van der Waals surface area contributed by atoms with E-state index in [4.69, 9.17) is 17.3 Å². The van der Waals surface area contributed by atoms with Crippen LogP contribution in [0.4, 0.5) is 5.69 Å². The summed E-state index contributed by atoms with van der Waals surface area (Å²) in [5.41, 5.74) is 6.35. The average Bonchev–Trinajstić information content (AvgIpc) is 2.58. The van der Waals surface area contributed by atoms with Gasteiger partial charge in [0.25, 0.3) is 0 Å². The van der Waals surface area contributed by atoms with Crippen LogP contribution in [-0.2, 0) is 0 Å². The summed E-state index contributed by atoms with van der Waals surface area (Å²) in [4.78, 5) is 4.12. The SMILES string of the molecule is Cc1nnc(Sc2nc(Cl)ccc2N)s1. The second kappa shape index (κ2) is 4.34. The third-order valence-electron chi connectivity index (χ3n) is 1.55. The Bertz CT molecular complexity index is 485. The van der Waals surface area contributed by atoms with Crippen molar-refractivity contribution in [3.63, 3.8) is 0 Å². The zero-order valence-corrected chi connectivity index (χ0v) is 10.2. The van der Waals surface area contributed by atoms with Gasteiger partial charge in [0.1, 0.15) is 15.2 Å². The second-order valence-corrected chi connectivity index (χ2v) is 5.52. The minimum atomic E-state index is 0.424. The normalized spacial score (nSPS) is 10.5. The van der Waals surface area contributed by atoms with E-state index in [2.05, 4.69) is 15.2 Å². The molecule has 0 atom stereocenters. The van der Waals surface area contributed by atoms with Gasteiger partial charge in [-0.1, -0.05) is 22.9 Å². The summed E-state index contributed by atoms with van der Waals surface area (Å²) in [6.07, 6.45) is 0. The topological polar surface area (TPSA) is 64.7 Å². The number of nitrogen functional groups attached to an aromatic ring is 1. The van der Waals surface area contributed by atoms with Crippen LogP contribution in [0.15, 0.2) is 21.5 Å². The van der Waals surface area contributed by atoms with Crippen LogP contribution in [0.3, 0.4) is 0 Å². The van der Waals surface area contributed by atoms with Crippen LogP contribution < -0.4 is 5.73 Å². The molecule has 0 fully saturated rings. The van der Waals surface area contributed by atoms with E-state index >= 15 is 0 Å². The maximum absolute atomic E-state index is 5.78. The molecule has 0 radical (unpaired) electrons. The maximum atomic E-state index is 5.78. The van der Waals surface area contributed by atoms with Crippen LogP contribution in [0.2, 0.25) is 5.15 Å². The molecule has 0 bridgehead atoms. The molecule has 2 heterocycles. The summed E-state index contributed by atoms with van der Waals surface area (Å²) in [5.74, 6) is 0. The molecule has 2 rings (SSSR count). The number of nitrogens with zero attached hydrogens (tertiary/aromatic N) is 3. The molecule has 0 aromatic carbocycles. The molecular formula is C8H7ClN4S2. The first-order valence-electron chi connectivity index (χ1n) is 4.05. The van der Waals surface area contributed by atoms with Crippen molar-refractivity contribution in [2.45, 2.75) is 16.3 Å². The summed E-state index contributed by atoms with van der Waals surface area (Å²) in [7, 11) is 0. The summed E-state index contributed by atoms with van der Waals surface area (Å²) in [5, 5.41) is 9.89.